The fourth-order valence-electron chi connectivity index (χ4n) is 2.44. The maximum atomic E-state index is 6.48. The van der Waals surface area contributed by atoms with Gasteiger partial charge in [-0.15, -0.1) is 0 Å². The van der Waals surface area contributed by atoms with Crippen LogP contribution in [0, 0.1) is 0 Å². The zero-order chi connectivity index (χ0) is 15.4. The lowest BCUT2D eigenvalue weighted by molar-refractivity contribution is 0.354. The van der Waals surface area contributed by atoms with E-state index in [4.69, 9.17) is 15.2 Å². The van der Waals surface area contributed by atoms with Crippen molar-refractivity contribution in [1.29, 1.82) is 0 Å². The molecule has 2 N–H and O–H groups in total. The van der Waals surface area contributed by atoms with E-state index in [-0.39, 0.29) is 6.04 Å². The minimum Gasteiger partial charge on any atom is -0.493 e. The van der Waals surface area contributed by atoms with Crippen LogP contribution < -0.4 is 15.2 Å². The molecule has 0 radical (unpaired) electrons. The topological polar surface area (TPSA) is 44.5 Å². The van der Waals surface area contributed by atoms with Crippen molar-refractivity contribution in [3.05, 3.63) is 57.6 Å². The van der Waals surface area contributed by atoms with Crippen LogP contribution in [0.2, 0.25) is 0 Å². The monoisotopic (exact) mass is 349 g/mol. The Morgan fingerprint density at radius 2 is 1.67 bits per heavy atom. The van der Waals surface area contributed by atoms with E-state index in [0.717, 1.165) is 22.0 Å². The molecule has 0 aliphatic carbocycles. The average molecular weight is 350 g/mol. The van der Waals surface area contributed by atoms with Crippen LogP contribution in [0.1, 0.15) is 29.7 Å². The van der Waals surface area contributed by atoms with Crippen LogP contribution in [0.3, 0.4) is 0 Å². The van der Waals surface area contributed by atoms with Gasteiger partial charge in [0.15, 0.2) is 11.5 Å². The standard InChI is InChI=1S/C17H20BrNO2/c1-4-11-7-5-6-8-12(11)17(19)13-9-15(20-2)16(21-3)10-14(13)18/h5-10,17H,4,19H2,1-3H3. The lowest BCUT2D eigenvalue weighted by atomic mass is 9.94. The van der Waals surface area contributed by atoms with Gasteiger partial charge in [0, 0.05) is 4.47 Å². The summed E-state index contributed by atoms with van der Waals surface area (Å²) in [4.78, 5) is 0. The van der Waals surface area contributed by atoms with E-state index >= 15 is 0 Å². The van der Waals surface area contributed by atoms with Gasteiger partial charge in [-0.25, -0.2) is 0 Å². The van der Waals surface area contributed by atoms with E-state index in [0.29, 0.717) is 11.5 Å². The molecule has 0 bridgehead atoms. The molecule has 4 heteroatoms. The number of hydrogen-bond donors (Lipinski definition) is 1. The Labute approximate surface area is 134 Å². The second-order valence-electron chi connectivity index (χ2n) is 4.76. The number of halogens is 1. The summed E-state index contributed by atoms with van der Waals surface area (Å²) in [6.45, 7) is 2.13. The molecule has 1 atom stereocenters. The SMILES string of the molecule is CCc1ccccc1C(N)c1cc(OC)c(OC)cc1Br. The molecular formula is C17H20BrNO2. The van der Waals surface area contributed by atoms with Crippen LogP contribution in [0.4, 0.5) is 0 Å². The lowest BCUT2D eigenvalue weighted by Crippen LogP contribution is -2.15. The summed E-state index contributed by atoms with van der Waals surface area (Å²) < 4.78 is 11.6. The number of methoxy groups -OCH3 is 2. The smallest absolute Gasteiger partial charge is 0.161 e. The first-order valence-corrected chi connectivity index (χ1v) is 7.66. The first-order valence-electron chi connectivity index (χ1n) is 6.87. The normalized spacial score (nSPS) is 12.0. The van der Waals surface area contributed by atoms with Crippen molar-refractivity contribution in [3.8, 4) is 11.5 Å². The van der Waals surface area contributed by atoms with Crippen LogP contribution in [0.25, 0.3) is 0 Å². The number of nitrogens with two attached hydrogens (primary N) is 1. The zero-order valence-electron chi connectivity index (χ0n) is 12.5. The third-order valence-corrected chi connectivity index (χ3v) is 4.30. The summed E-state index contributed by atoms with van der Waals surface area (Å²) in [7, 11) is 3.25. The molecule has 21 heavy (non-hydrogen) atoms. The first kappa shape index (κ1) is 15.9. The fraction of sp³-hybridized carbons (Fsp3) is 0.294. The van der Waals surface area contributed by atoms with Crippen molar-refractivity contribution < 1.29 is 9.47 Å². The van der Waals surface area contributed by atoms with Crippen LogP contribution >= 0.6 is 15.9 Å². The summed E-state index contributed by atoms with van der Waals surface area (Å²) >= 11 is 3.58. The number of rotatable bonds is 5. The van der Waals surface area contributed by atoms with E-state index in [2.05, 4.69) is 35.0 Å². The van der Waals surface area contributed by atoms with E-state index in [9.17, 15) is 0 Å². The highest BCUT2D eigenvalue weighted by molar-refractivity contribution is 9.10. The molecule has 2 aromatic rings. The maximum Gasteiger partial charge on any atom is 0.161 e. The van der Waals surface area contributed by atoms with Gasteiger partial charge < -0.3 is 15.2 Å². The molecule has 0 heterocycles. The minimum absolute atomic E-state index is 0.213. The molecule has 2 aromatic carbocycles. The number of hydrogen-bond acceptors (Lipinski definition) is 3. The molecule has 0 amide bonds. The van der Waals surface area contributed by atoms with Gasteiger partial charge in [-0.2, -0.15) is 0 Å². The zero-order valence-corrected chi connectivity index (χ0v) is 14.1. The minimum atomic E-state index is -0.213. The molecular weight excluding hydrogens is 330 g/mol. The van der Waals surface area contributed by atoms with Crippen LogP contribution in [0.5, 0.6) is 11.5 Å². The summed E-state index contributed by atoms with van der Waals surface area (Å²) in [5, 5.41) is 0. The molecule has 0 aromatic heterocycles. The quantitative estimate of drug-likeness (QED) is 0.884. The van der Waals surface area contributed by atoms with E-state index < -0.39 is 0 Å². The predicted octanol–water partition coefficient (Wildman–Crippen LogP) is 4.08. The fourth-order valence-corrected chi connectivity index (χ4v) is 3.00. The molecule has 112 valence electrons. The molecule has 0 saturated carbocycles. The van der Waals surface area contributed by atoms with E-state index in [1.165, 1.54) is 5.56 Å². The molecule has 0 aliphatic heterocycles. The third kappa shape index (κ3) is 3.22. The average Bonchev–Trinajstić information content (AvgIpc) is 2.53. The Bertz CT molecular complexity index is 628. The Hall–Kier alpha value is -1.52. The second kappa shape index (κ2) is 6.96. The molecule has 0 saturated heterocycles. The highest BCUT2D eigenvalue weighted by Crippen LogP contribution is 2.37. The summed E-state index contributed by atoms with van der Waals surface area (Å²) in [6.07, 6.45) is 0.953. The summed E-state index contributed by atoms with van der Waals surface area (Å²) in [6, 6.07) is 11.9. The van der Waals surface area contributed by atoms with Gasteiger partial charge in [-0.05, 0) is 35.2 Å². The number of benzene rings is 2. The summed E-state index contributed by atoms with van der Waals surface area (Å²) in [5.41, 5.74) is 9.85. The predicted molar refractivity (Wildman–Crippen MR) is 89.1 cm³/mol. The molecule has 1 unspecified atom stereocenters. The molecule has 3 nitrogen and oxygen atoms in total. The largest absolute Gasteiger partial charge is 0.493 e. The Morgan fingerprint density at radius 3 is 2.29 bits per heavy atom. The molecule has 0 fully saturated rings. The van der Waals surface area contributed by atoms with Gasteiger partial charge in [0.05, 0.1) is 20.3 Å². The molecule has 2 rings (SSSR count). The van der Waals surface area contributed by atoms with Crippen LogP contribution in [-0.2, 0) is 6.42 Å². The van der Waals surface area contributed by atoms with E-state index in [1.807, 2.05) is 24.3 Å². The highest BCUT2D eigenvalue weighted by Gasteiger charge is 2.18. The van der Waals surface area contributed by atoms with Crippen molar-refractivity contribution in [1.82, 2.24) is 0 Å². The van der Waals surface area contributed by atoms with Gasteiger partial charge in [-0.3, -0.25) is 0 Å². The Balaban J connectivity index is 2.50. The van der Waals surface area contributed by atoms with Crippen molar-refractivity contribution >= 4 is 15.9 Å². The van der Waals surface area contributed by atoms with Crippen molar-refractivity contribution in [2.24, 2.45) is 5.73 Å². The Kier molecular flexibility index (Phi) is 5.26. The van der Waals surface area contributed by atoms with Crippen molar-refractivity contribution in [3.63, 3.8) is 0 Å². The Morgan fingerprint density at radius 1 is 1.05 bits per heavy atom. The summed E-state index contributed by atoms with van der Waals surface area (Å²) in [5.74, 6) is 1.37. The van der Waals surface area contributed by atoms with Gasteiger partial charge in [0.25, 0.3) is 0 Å². The maximum absolute atomic E-state index is 6.48. The number of aryl methyl sites for hydroxylation is 1. The van der Waals surface area contributed by atoms with Crippen molar-refractivity contribution in [2.45, 2.75) is 19.4 Å². The highest BCUT2D eigenvalue weighted by atomic mass is 79.9. The van der Waals surface area contributed by atoms with Gasteiger partial charge in [-0.1, -0.05) is 47.1 Å². The van der Waals surface area contributed by atoms with Crippen LogP contribution in [-0.4, -0.2) is 14.2 Å². The van der Waals surface area contributed by atoms with Gasteiger partial charge in [0.2, 0.25) is 0 Å². The lowest BCUT2D eigenvalue weighted by Gasteiger charge is -2.19. The molecule has 0 spiro atoms. The van der Waals surface area contributed by atoms with E-state index in [1.54, 1.807) is 14.2 Å². The number of ether oxygens (including phenoxy) is 2. The van der Waals surface area contributed by atoms with Crippen molar-refractivity contribution in [2.75, 3.05) is 14.2 Å². The molecule has 0 aliphatic rings. The first-order chi connectivity index (χ1) is 10.1. The van der Waals surface area contributed by atoms with Gasteiger partial charge in [0.1, 0.15) is 0 Å². The third-order valence-electron chi connectivity index (χ3n) is 3.61. The second-order valence-corrected chi connectivity index (χ2v) is 5.61. The van der Waals surface area contributed by atoms with Crippen LogP contribution in [0.15, 0.2) is 40.9 Å². The van der Waals surface area contributed by atoms with Gasteiger partial charge >= 0.3 is 0 Å².